The number of rotatable bonds is 8. The molecule has 0 aromatic heterocycles. The first-order valence-electron chi connectivity index (χ1n) is 5.83. The highest BCUT2D eigenvalue weighted by atomic mass is 35.6. The standard InChI is InChI=1S/C11H13Cl9O/c12-7(4-10(15,16)17)1-2-9(14,6-21)3-8(13)5-11(18,19)20/h6-8H,1-5H2. The highest BCUT2D eigenvalue weighted by Gasteiger charge is 2.34. The van der Waals surface area contributed by atoms with Crippen molar-refractivity contribution >= 4 is 111 Å². The van der Waals surface area contributed by atoms with E-state index in [1.54, 1.807) is 0 Å². The molecule has 0 heterocycles. The summed E-state index contributed by atoms with van der Waals surface area (Å²) in [4.78, 5) is 10.0. The Morgan fingerprint density at radius 1 is 0.762 bits per heavy atom. The van der Waals surface area contributed by atoms with Gasteiger partial charge in [-0.05, 0) is 19.3 Å². The lowest BCUT2D eigenvalue weighted by atomic mass is 9.95. The highest BCUT2D eigenvalue weighted by molar-refractivity contribution is 6.68. The van der Waals surface area contributed by atoms with Gasteiger partial charge in [0.1, 0.15) is 11.2 Å². The normalized spacial score (nSPS) is 18.9. The van der Waals surface area contributed by atoms with Crippen LogP contribution in [0, 0.1) is 0 Å². The van der Waals surface area contributed by atoms with E-state index < -0.39 is 23.2 Å². The fourth-order valence-electron chi connectivity index (χ4n) is 1.65. The van der Waals surface area contributed by atoms with E-state index in [9.17, 15) is 4.79 Å². The molecule has 0 bridgehead atoms. The Balaban J connectivity index is 4.43. The highest BCUT2D eigenvalue weighted by Crippen LogP contribution is 2.39. The quantitative estimate of drug-likeness (QED) is 0.268. The molecule has 0 saturated carbocycles. The predicted octanol–water partition coefficient (Wildman–Crippen LogP) is 7.07. The summed E-state index contributed by atoms with van der Waals surface area (Å²) in [6, 6.07) is 0. The van der Waals surface area contributed by atoms with Crippen LogP contribution in [-0.2, 0) is 4.79 Å². The monoisotopic (exact) mass is 476 g/mol. The van der Waals surface area contributed by atoms with Crippen LogP contribution in [0.25, 0.3) is 0 Å². The molecule has 0 spiro atoms. The first-order chi connectivity index (χ1) is 9.26. The van der Waals surface area contributed by atoms with Gasteiger partial charge in [-0.15, -0.1) is 34.8 Å². The average Bonchev–Trinajstić information content (AvgIpc) is 2.21. The third-order valence-corrected chi connectivity index (χ3v) is 4.59. The molecule has 1 nitrogen and oxygen atoms in total. The van der Waals surface area contributed by atoms with Crippen LogP contribution in [0.1, 0.15) is 32.1 Å². The molecule has 3 atom stereocenters. The molecular weight excluding hydrogens is 467 g/mol. The average molecular weight is 480 g/mol. The maximum Gasteiger partial charge on any atom is 0.192 e. The van der Waals surface area contributed by atoms with Crippen LogP contribution in [0.4, 0.5) is 0 Å². The molecule has 0 aliphatic heterocycles. The van der Waals surface area contributed by atoms with Gasteiger partial charge in [-0.3, -0.25) is 0 Å². The van der Waals surface area contributed by atoms with Gasteiger partial charge in [-0.25, -0.2) is 0 Å². The summed E-state index contributed by atoms with van der Waals surface area (Å²) in [5.41, 5.74) is 0. The smallest absolute Gasteiger partial charge is 0.192 e. The molecule has 0 saturated heterocycles. The van der Waals surface area contributed by atoms with Crippen molar-refractivity contribution in [3.05, 3.63) is 0 Å². The molecule has 126 valence electrons. The van der Waals surface area contributed by atoms with Crippen molar-refractivity contribution in [1.82, 2.24) is 0 Å². The van der Waals surface area contributed by atoms with Gasteiger partial charge in [0.2, 0.25) is 0 Å². The minimum absolute atomic E-state index is 0.0694. The van der Waals surface area contributed by atoms with Crippen molar-refractivity contribution in [1.29, 1.82) is 0 Å². The molecule has 0 aromatic carbocycles. The summed E-state index contributed by atoms with van der Waals surface area (Å²) in [6.07, 6.45) is 1.63. The Morgan fingerprint density at radius 3 is 1.57 bits per heavy atom. The zero-order valence-corrected chi connectivity index (χ0v) is 17.4. The van der Waals surface area contributed by atoms with E-state index in [2.05, 4.69) is 0 Å². The lowest BCUT2D eigenvalue weighted by Crippen LogP contribution is -2.30. The van der Waals surface area contributed by atoms with E-state index in [1.807, 2.05) is 0 Å². The number of alkyl halides is 9. The number of aldehydes is 1. The second-order valence-electron chi connectivity index (χ2n) is 4.73. The molecule has 0 N–H and O–H groups in total. The summed E-state index contributed by atoms with van der Waals surface area (Å²) in [5, 5.41) is -1.00. The molecule has 0 aliphatic carbocycles. The number of halogens is 9. The Bertz CT molecular complexity index is 325. The van der Waals surface area contributed by atoms with Gasteiger partial charge < -0.3 is 4.79 Å². The first kappa shape index (κ1) is 23.3. The van der Waals surface area contributed by atoms with Crippen molar-refractivity contribution in [2.24, 2.45) is 0 Å². The van der Waals surface area contributed by atoms with E-state index in [4.69, 9.17) is 104 Å². The molecule has 0 aliphatic rings. The summed E-state index contributed by atoms with van der Waals surface area (Å²) in [7, 11) is 0. The zero-order valence-electron chi connectivity index (χ0n) is 10.6. The maximum absolute atomic E-state index is 11.2. The van der Waals surface area contributed by atoms with Crippen molar-refractivity contribution in [3.63, 3.8) is 0 Å². The van der Waals surface area contributed by atoms with Crippen molar-refractivity contribution in [2.45, 2.75) is 55.3 Å². The third kappa shape index (κ3) is 13.3. The molecule has 0 aromatic rings. The van der Waals surface area contributed by atoms with Gasteiger partial charge in [0.25, 0.3) is 0 Å². The summed E-state index contributed by atoms with van der Waals surface area (Å²) < 4.78 is -2.95. The molecular formula is C11H13Cl9O. The number of hydrogen-bond donors (Lipinski definition) is 0. The van der Waals surface area contributed by atoms with Gasteiger partial charge in [0.05, 0.1) is 0 Å². The van der Waals surface area contributed by atoms with E-state index in [0.29, 0.717) is 12.7 Å². The Hall–Kier alpha value is 2.28. The SMILES string of the molecule is O=CC(Cl)(CCC(Cl)CC(Cl)(Cl)Cl)CC(Cl)CC(Cl)(Cl)Cl. The largest absolute Gasteiger partial charge is 0.301 e. The predicted molar refractivity (Wildman–Crippen MR) is 97.6 cm³/mol. The molecule has 21 heavy (non-hydrogen) atoms. The van der Waals surface area contributed by atoms with E-state index in [1.165, 1.54) is 0 Å². The summed E-state index contributed by atoms with van der Waals surface area (Å²) in [5.74, 6) is 0. The lowest BCUT2D eigenvalue weighted by Gasteiger charge is -2.26. The molecule has 10 heteroatoms. The van der Waals surface area contributed by atoms with Crippen LogP contribution < -0.4 is 0 Å². The van der Waals surface area contributed by atoms with Crippen molar-refractivity contribution in [2.75, 3.05) is 0 Å². The van der Waals surface area contributed by atoms with Crippen LogP contribution in [0.15, 0.2) is 0 Å². The van der Waals surface area contributed by atoms with E-state index >= 15 is 0 Å². The van der Waals surface area contributed by atoms with Gasteiger partial charge in [-0.2, -0.15) is 0 Å². The van der Waals surface area contributed by atoms with Crippen LogP contribution in [0.3, 0.4) is 0 Å². The zero-order chi connectivity index (χ0) is 16.9. The second kappa shape index (κ2) is 9.68. The molecule has 0 fully saturated rings. The number of carbonyl (C=O) groups is 1. The number of hydrogen-bond acceptors (Lipinski definition) is 1. The van der Waals surface area contributed by atoms with Crippen molar-refractivity contribution < 1.29 is 4.79 Å². The number of carbonyl (C=O) groups excluding carboxylic acids is 1. The van der Waals surface area contributed by atoms with Gasteiger partial charge in [0.15, 0.2) is 7.59 Å². The minimum Gasteiger partial charge on any atom is -0.301 e. The van der Waals surface area contributed by atoms with Gasteiger partial charge >= 0.3 is 0 Å². The van der Waals surface area contributed by atoms with Crippen LogP contribution >= 0.6 is 104 Å². The molecule has 3 unspecified atom stereocenters. The van der Waals surface area contributed by atoms with Crippen LogP contribution in [0.2, 0.25) is 0 Å². The fourth-order valence-corrected chi connectivity index (χ4v) is 4.46. The Kier molecular flexibility index (Phi) is 10.7. The lowest BCUT2D eigenvalue weighted by molar-refractivity contribution is -0.110. The molecule has 0 radical (unpaired) electrons. The third-order valence-electron chi connectivity index (χ3n) is 2.55. The summed E-state index contributed by atoms with van der Waals surface area (Å²) in [6.45, 7) is 0. The first-order valence-corrected chi connectivity index (χ1v) is 9.35. The topological polar surface area (TPSA) is 17.1 Å². The van der Waals surface area contributed by atoms with Crippen LogP contribution in [-0.4, -0.2) is 29.5 Å². The Labute approximate surface area is 169 Å². The van der Waals surface area contributed by atoms with Crippen molar-refractivity contribution in [3.8, 4) is 0 Å². The maximum atomic E-state index is 11.2. The Morgan fingerprint density at radius 2 is 1.19 bits per heavy atom. The fraction of sp³-hybridized carbons (Fsp3) is 0.909. The summed E-state index contributed by atoms with van der Waals surface area (Å²) >= 11 is 52.2. The van der Waals surface area contributed by atoms with Crippen LogP contribution in [0.5, 0.6) is 0 Å². The van der Waals surface area contributed by atoms with Gasteiger partial charge in [0, 0.05) is 23.6 Å². The minimum atomic E-state index is -1.50. The molecule has 0 amide bonds. The van der Waals surface area contributed by atoms with Gasteiger partial charge in [-0.1, -0.05) is 69.6 Å². The van der Waals surface area contributed by atoms with E-state index in [-0.39, 0.29) is 25.7 Å². The van der Waals surface area contributed by atoms with E-state index in [0.717, 1.165) is 0 Å². The second-order valence-corrected chi connectivity index (χ2v) is 11.7. The molecule has 0 rings (SSSR count).